The maximum Gasteiger partial charge on any atom is 0.333 e. The molecule has 0 bridgehead atoms. The van der Waals surface area contributed by atoms with Gasteiger partial charge in [-0.2, -0.15) is 0 Å². The minimum Gasteiger partial charge on any atom is -0.487 e. The van der Waals surface area contributed by atoms with E-state index >= 15 is 0 Å². The van der Waals surface area contributed by atoms with E-state index < -0.39 is 4.92 Å². The molecule has 0 aromatic heterocycles. The molecule has 110 valence electrons. The van der Waals surface area contributed by atoms with Crippen LogP contribution in [0.5, 0.6) is 5.75 Å². The summed E-state index contributed by atoms with van der Waals surface area (Å²) in [6, 6.07) is 4.70. The number of anilines is 1. The van der Waals surface area contributed by atoms with E-state index in [1.54, 1.807) is 25.1 Å². The average Bonchev–Trinajstić information content (AvgIpc) is 2.47. The highest BCUT2D eigenvalue weighted by molar-refractivity contribution is 5.70. The second-order valence-corrected chi connectivity index (χ2v) is 4.42. The lowest BCUT2D eigenvalue weighted by Gasteiger charge is -2.36. The van der Waals surface area contributed by atoms with Gasteiger partial charge in [0.25, 0.3) is 0 Å². The molecular formula is C13H18N2O5. The summed E-state index contributed by atoms with van der Waals surface area (Å²) in [5, 5.41) is 20.8. The van der Waals surface area contributed by atoms with Crippen molar-refractivity contribution in [1.29, 1.82) is 0 Å². The number of benzene rings is 1. The lowest BCUT2D eigenvalue weighted by Crippen LogP contribution is -2.47. The molecule has 1 aliphatic heterocycles. The molecule has 1 aromatic rings. The van der Waals surface area contributed by atoms with Crippen molar-refractivity contribution in [3.63, 3.8) is 0 Å². The zero-order valence-electron chi connectivity index (χ0n) is 11.3. The molecule has 0 aliphatic carbocycles. The van der Waals surface area contributed by atoms with E-state index in [0.717, 1.165) is 0 Å². The number of rotatable bonds is 5. The number of hydrogen-bond acceptors (Lipinski definition) is 6. The fourth-order valence-corrected chi connectivity index (χ4v) is 2.32. The fraction of sp³-hybridized carbons (Fsp3) is 0.538. The van der Waals surface area contributed by atoms with E-state index in [-0.39, 0.29) is 24.1 Å². The molecule has 1 heterocycles. The molecule has 1 unspecified atom stereocenters. The number of nitro benzene ring substituents is 1. The Morgan fingerprint density at radius 1 is 1.60 bits per heavy atom. The number of aliphatic hydroxyl groups is 1. The molecule has 1 N–H and O–H groups in total. The first-order valence-electron chi connectivity index (χ1n) is 6.54. The van der Waals surface area contributed by atoms with Gasteiger partial charge in [0, 0.05) is 6.54 Å². The lowest BCUT2D eigenvalue weighted by molar-refractivity contribution is -0.385. The van der Waals surface area contributed by atoms with Crippen LogP contribution in [0.2, 0.25) is 0 Å². The van der Waals surface area contributed by atoms with Crippen LogP contribution in [0, 0.1) is 10.1 Å². The second-order valence-electron chi connectivity index (χ2n) is 4.42. The van der Waals surface area contributed by atoms with Crippen LogP contribution in [0.3, 0.4) is 0 Å². The van der Waals surface area contributed by atoms with Crippen molar-refractivity contribution in [2.45, 2.75) is 13.0 Å². The third kappa shape index (κ3) is 2.83. The monoisotopic (exact) mass is 282 g/mol. The van der Waals surface area contributed by atoms with E-state index in [9.17, 15) is 15.2 Å². The normalized spacial score (nSPS) is 18.9. The summed E-state index contributed by atoms with van der Waals surface area (Å²) >= 11 is 0. The molecule has 1 saturated heterocycles. The summed E-state index contributed by atoms with van der Waals surface area (Å²) in [6.07, 6.45) is 0. The molecule has 1 atom stereocenters. The van der Waals surface area contributed by atoms with Gasteiger partial charge in [0.15, 0.2) is 5.75 Å². The van der Waals surface area contributed by atoms with Crippen molar-refractivity contribution in [1.82, 2.24) is 0 Å². The van der Waals surface area contributed by atoms with Crippen LogP contribution in [0.15, 0.2) is 18.2 Å². The Balaban J connectivity index is 2.43. The summed E-state index contributed by atoms with van der Waals surface area (Å²) in [7, 11) is 0. The van der Waals surface area contributed by atoms with E-state index in [1.165, 1.54) is 0 Å². The Morgan fingerprint density at radius 3 is 3.05 bits per heavy atom. The highest BCUT2D eigenvalue weighted by atomic mass is 16.6. The van der Waals surface area contributed by atoms with E-state index in [4.69, 9.17) is 9.47 Å². The number of nitro groups is 1. The summed E-state index contributed by atoms with van der Waals surface area (Å²) in [5.41, 5.74) is 0.401. The predicted molar refractivity (Wildman–Crippen MR) is 73.3 cm³/mol. The minimum atomic E-state index is -0.440. The van der Waals surface area contributed by atoms with Crippen LogP contribution in [0.4, 0.5) is 11.4 Å². The molecule has 0 spiro atoms. The van der Waals surface area contributed by atoms with Gasteiger partial charge in [0.1, 0.15) is 5.69 Å². The van der Waals surface area contributed by atoms with Crippen LogP contribution >= 0.6 is 0 Å². The molecule has 7 heteroatoms. The second kappa shape index (κ2) is 6.53. The van der Waals surface area contributed by atoms with Crippen molar-refractivity contribution in [3.05, 3.63) is 28.3 Å². The van der Waals surface area contributed by atoms with Crippen LogP contribution in [-0.4, -0.2) is 49.0 Å². The summed E-state index contributed by atoms with van der Waals surface area (Å²) < 4.78 is 10.6. The number of aliphatic hydroxyl groups excluding tert-OH is 1. The van der Waals surface area contributed by atoms with Gasteiger partial charge in [0.05, 0.1) is 37.4 Å². The number of ether oxygens (including phenoxy) is 2. The van der Waals surface area contributed by atoms with Crippen molar-refractivity contribution >= 4 is 11.4 Å². The fourth-order valence-electron chi connectivity index (χ4n) is 2.32. The molecule has 0 saturated carbocycles. The zero-order valence-corrected chi connectivity index (χ0v) is 11.3. The van der Waals surface area contributed by atoms with Crippen molar-refractivity contribution in [2.75, 3.05) is 37.9 Å². The van der Waals surface area contributed by atoms with Crippen molar-refractivity contribution < 1.29 is 19.5 Å². The summed E-state index contributed by atoms with van der Waals surface area (Å²) in [5.74, 6) is 0.248. The van der Waals surface area contributed by atoms with E-state index in [2.05, 4.69) is 0 Å². The largest absolute Gasteiger partial charge is 0.487 e. The predicted octanol–water partition coefficient (Wildman–Crippen LogP) is 1.19. The SMILES string of the molecule is CCOc1cccc(N2CCOCC2CO)c1[N+](=O)[O-]. The topological polar surface area (TPSA) is 85.1 Å². The van der Waals surface area contributed by atoms with E-state index in [0.29, 0.717) is 32.1 Å². The van der Waals surface area contributed by atoms with Crippen molar-refractivity contribution in [2.24, 2.45) is 0 Å². The molecule has 0 radical (unpaired) electrons. The van der Waals surface area contributed by atoms with Gasteiger partial charge >= 0.3 is 5.69 Å². The quantitative estimate of drug-likeness (QED) is 0.645. The standard InChI is InChI=1S/C13H18N2O5/c1-2-20-12-5-3-4-11(13(12)15(17)18)14-6-7-19-9-10(14)8-16/h3-5,10,16H,2,6-9H2,1H3. The highest BCUT2D eigenvalue weighted by Crippen LogP contribution is 2.38. The minimum absolute atomic E-state index is 0.0605. The van der Waals surface area contributed by atoms with Crippen LogP contribution in [-0.2, 0) is 4.74 Å². The molecule has 0 amide bonds. The van der Waals surface area contributed by atoms with Crippen LogP contribution < -0.4 is 9.64 Å². The Kier molecular flexibility index (Phi) is 4.75. The van der Waals surface area contributed by atoms with E-state index in [1.807, 2.05) is 4.90 Å². The number of nitrogens with zero attached hydrogens (tertiary/aromatic N) is 2. The third-order valence-corrected chi connectivity index (χ3v) is 3.21. The van der Waals surface area contributed by atoms with Gasteiger partial charge in [-0.3, -0.25) is 10.1 Å². The van der Waals surface area contributed by atoms with Gasteiger partial charge in [-0.25, -0.2) is 0 Å². The highest BCUT2D eigenvalue weighted by Gasteiger charge is 2.30. The Hall–Kier alpha value is -1.86. The molecule has 7 nitrogen and oxygen atoms in total. The van der Waals surface area contributed by atoms with Gasteiger partial charge in [0.2, 0.25) is 0 Å². The smallest absolute Gasteiger partial charge is 0.333 e. The Bertz CT molecular complexity index is 480. The average molecular weight is 282 g/mol. The Morgan fingerprint density at radius 2 is 2.40 bits per heavy atom. The zero-order chi connectivity index (χ0) is 14.5. The number of para-hydroxylation sites is 1. The first kappa shape index (κ1) is 14.5. The van der Waals surface area contributed by atoms with Gasteiger partial charge in [-0.15, -0.1) is 0 Å². The van der Waals surface area contributed by atoms with Gasteiger partial charge in [-0.1, -0.05) is 6.07 Å². The maximum absolute atomic E-state index is 11.4. The molecule has 1 fully saturated rings. The number of morpholine rings is 1. The Labute approximate surface area is 116 Å². The van der Waals surface area contributed by atoms with Gasteiger partial charge < -0.3 is 19.5 Å². The lowest BCUT2D eigenvalue weighted by atomic mass is 10.1. The van der Waals surface area contributed by atoms with Crippen LogP contribution in [0.1, 0.15) is 6.92 Å². The van der Waals surface area contributed by atoms with Gasteiger partial charge in [-0.05, 0) is 19.1 Å². The first-order valence-corrected chi connectivity index (χ1v) is 6.54. The molecular weight excluding hydrogens is 264 g/mol. The molecule has 1 aromatic carbocycles. The molecule has 20 heavy (non-hydrogen) atoms. The maximum atomic E-state index is 11.4. The number of hydrogen-bond donors (Lipinski definition) is 1. The molecule has 2 rings (SSSR count). The van der Waals surface area contributed by atoms with Crippen molar-refractivity contribution in [3.8, 4) is 5.75 Å². The summed E-state index contributed by atoms with van der Waals surface area (Å²) in [6.45, 7) is 3.36. The first-order chi connectivity index (χ1) is 9.69. The summed E-state index contributed by atoms with van der Waals surface area (Å²) in [4.78, 5) is 12.7. The molecule has 1 aliphatic rings. The van der Waals surface area contributed by atoms with Crippen LogP contribution in [0.25, 0.3) is 0 Å². The third-order valence-electron chi connectivity index (χ3n) is 3.21.